The molecule has 0 spiro atoms. The summed E-state index contributed by atoms with van der Waals surface area (Å²) in [6.07, 6.45) is 0. The number of benzene rings is 1. The van der Waals surface area contributed by atoms with Crippen LogP contribution in [0.2, 0.25) is 0 Å². The Bertz CT molecular complexity index is 885. The summed E-state index contributed by atoms with van der Waals surface area (Å²) in [5.41, 5.74) is 5.66. The second kappa shape index (κ2) is 7.48. The topological polar surface area (TPSA) is 133 Å². The Labute approximate surface area is 142 Å². The van der Waals surface area contributed by atoms with E-state index in [-0.39, 0.29) is 33.3 Å². The van der Waals surface area contributed by atoms with E-state index in [1.54, 1.807) is 30.3 Å². The first-order valence-electron chi connectivity index (χ1n) is 6.79. The number of carbonyl (C=O) groups is 1. The van der Waals surface area contributed by atoms with Crippen LogP contribution in [0.1, 0.15) is 21.6 Å². The first-order valence-corrected chi connectivity index (χ1v) is 7.78. The van der Waals surface area contributed by atoms with Gasteiger partial charge in [0.25, 0.3) is 5.56 Å². The zero-order valence-corrected chi connectivity index (χ0v) is 13.6. The van der Waals surface area contributed by atoms with Gasteiger partial charge < -0.3 is 15.5 Å². The van der Waals surface area contributed by atoms with Crippen LogP contribution in [0, 0.1) is 16.7 Å². The van der Waals surface area contributed by atoms with Gasteiger partial charge in [0.15, 0.2) is 5.17 Å². The number of nitrogens with one attached hydrogen (secondary N) is 2. The van der Waals surface area contributed by atoms with E-state index in [4.69, 9.17) is 15.9 Å². The number of hydrogen-bond acceptors (Lipinski definition) is 6. The van der Waals surface area contributed by atoms with E-state index in [2.05, 4.69) is 4.98 Å². The molecule has 0 bridgehead atoms. The first kappa shape index (κ1) is 17.3. The maximum absolute atomic E-state index is 12.3. The predicted molar refractivity (Wildman–Crippen MR) is 91.8 cm³/mol. The van der Waals surface area contributed by atoms with E-state index < -0.39 is 11.5 Å². The van der Waals surface area contributed by atoms with Crippen LogP contribution in [0.15, 0.2) is 35.1 Å². The summed E-state index contributed by atoms with van der Waals surface area (Å²) >= 11 is 0.953. The molecule has 4 N–H and O–H groups in total. The highest BCUT2D eigenvalue weighted by Crippen LogP contribution is 2.29. The number of pyridine rings is 1. The van der Waals surface area contributed by atoms with Crippen molar-refractivity contribution in [3.63, 3.8) is 0 Å². The third-order valence-electron chi connectivity index (χ3n) is 3.23. The number of nitriles is 1. The minimum atomic E-state index is -0.680. The van der Waals surface area contributed by atoms with Crippen molar-refractivity contribution >= 4 is 22.9 Å². The van der Waals surface area contributed by atoms with Crippen LogP contribution in [0.4, 0.5) is 0 Å². The molecule has 7 nitrogen and oxygen atoms in total. The standard InChI is InChI=1S/C16H14N4O3S/c1-23-15(22)13-11(8-24-16(18)19)20-14(21)10(7-17)12(13)9-5-3-2-4-6-9/h2-6H,8H2,1H3,(H3,18,19)(H,20,21). The number of esters is 1. The van der Waals surface area contributed by atoms with Crippen molar-refractivity contribution in [1.82, 2.24) is 4.98 Å². The van der Waals surface area contributed by atoms with Crippen LogP contribution in [-0.2, 0) is 10.5 Å². The molecule has 1 aromatic heterocycles. The number of aromatic nitrogens is 1. The molecule has 0 atom stereocenters. The van der Waals surface area contributed by atoms with Crippen molar-refractivity contribution in [2.24, 2.45) is 5.73 Å². The Morgan fingerprint density at radius 3 is 2.62 bits per heavy atom. The van der Waals surface area contributed by atoms with Gasteiger partial charge in [-0.15, -0.1) is 0 Å². The van der Waals surface area contributed by atoms with Crippen molar-refractivity contribution < 1.29 is 9.53 Å². The maximum Gasteiger partial charge on any atom is 0.340 e. The maximum atomic E-state index is 12.3. The zero-order chi connectivity index (χ0) is 17.7. The van der Waals surface area contributed by atoms with Crippen molar-refractivity contribution in [1.29, 1.82) is 10.7 Å². The first-order chi connectivity index (χ1) is 11.5. The van der Waals surface area contributed by atoms with Crippen LogP contribution in [-0.4, -0.2) is 23.2 Å². The molecule has 0 unspecified atom stereocenters. The quantitative estimate of drug-likeness (QED) is 0.441. The molecule has 0 aliphatic carbocycles. The van der Waals surface area contributed by atoms with Gasteiger partial charge in [0.05, 0.1) is 12.7 Å². The highest BCUT2D eigenvalue weighted by molar-refractivity contribution is 8.13. The van der Waals surface area contributed by atoms with Gasteiger partial charge in [-0.05, 0) is 5.56 Å². The lowest BCUT2D eigenvalue weighted by Gasteiger charge is -2.14. The molecule has 8 heteroatoms. The van der Waals surface area contributed by atoms with Crippen molar-refractivity contribution in [2.75, 3.05) is 7.11 Å². The lowest BCUT2D eigenvalue weighted by Crippen LogP contribution is -2.21. The number of ether oxygens (including phenoxy) is 1. The van der Waals surface area contributed by atoms with Gasteiger partial charge in [0.1, 0.15) is 11.6 Å². The number of nitrogens with two attached hydrogens (primary N) is 1. The van der Waals surface area contributed by atoms with E-state index in [0.29, 0.717) is 5.56 Å². The number of aromatic amines is 1. The highest BCUT2D eigenvalue weighted by Gasteiger charge is 2.24. The molecule has 2 aromatic rings. The summed E-state index contributed by atoms with van der Waals surface area (Å²) in [5.74, 6) is -0.582. The number of H-pyrrole nitrogens is 1. The lowest BCUT2D eigenvalue weighted by molar-refractivity contribution is 0.0600. The Morgan fingerprint density at radius 2 is 2.08 bits per heavy atom. The molecule has 0 saturated carbocycles. The molecule has 0 aliphatic rings. The second-order valence-electron chi connectivity index (χ2n) is 4.68. The van der Waals surface area contributed by atoms with Crippen LogP contribution < -0.4 is 11.3 Å². The molecule has 0 fully saturated rings. The number of methoxy groups -OCH3 is 1. The fraction of sp³-hybridized carbons (Fsp3) is 0.125. The van der Waals surface area contributed by atoms with E-state index >= 15 is 0 Å². The monoisotopic (exact) mass is 342 g/mol. The van der Waals surface area contributed by atoms with Crippen molar-refractivity contribution in [3.05, 3.63) is 57.5 Å². The van der Waals surface area contributed by atoms with Gasteiger partial charge in [0.2, 0.25) is 0 Å². The third kappa shape index (κ3) is 3.47. The second-order valence-corrected chi connectivity index (χ2v) is 5.70. The lowest BCUT2D eigenvalue weighted by atomic mass is 9.95. The Balaban J connectivity index is 2.82. The SMILES string of the molecule is COC(=O)c1c(CSC(=N)N)[nH]c(=O)c(C#N)c1-c1ccccc1. The summed E-state index contributed by atoms with van der Waals surface area (Å²) in [6.45, 7) is 0. The van der Waals surface area contributed by atoms with E-state index in [1.165, 1.54) is 7.11 Å². The average molecular weight is 342 g/mol. The molecule has 1 aromatic carbocycles. The normalized spacial score (nSPS) is 10.0. The van der Waals surface area contributed by atoms with Gasteiger partial charge in [-0.2, -0.15) is 5.26 Å². The number of thioether (sulfide) groups is 1. The zero-order valence-electron chi connectivity index (χ0n) is 12.8. The molecular formula is C16H14N4O3S. The molecule has 24 heavy (non-hydrogen) atoms. The largest absolute Gasteiger partial charge is 0.465 e. The van der Waals surface area contributed by atoms with Crippen LogP contribution in [0.3, 0.4) is 0 Å². The van der Waals surface area contributed by atoms with Gasteiger partial charge in [0, 0.05) is 17.0 Å². The Morgan fingerprint density at radius 1 is 1.42 bits per heavy atom. The molecule has 0 saturated heterocycles. The number of amidine groups is 1. The third-order valence-corrected chi connectivity index (χ3v) is 3.97. The molecular weight excluding hydrogens is 328 g/mol. The van der Waals surface area contributed by atoms with E-state index in [9.17, 15) is 14.9 Å². The Hall–Kier alpha value is -3.05. The van der Waals surface area contributed by atoms with Gasteiger partial charge >= 0.3 is 5.97 Å². The molecule has 0 aliphatic heterocycles. The van der Waals surface area contributed by atoms with E-state index in [1.807, 2.05) is 6.07 Å². The number of carbonyl (C=O) groups excluding carboxylic acids is 1. The molecule has 0 amide bonds. The number of rotatable bonds is 4. The van der Waals surface area contributed by atoms with Gasteiger partial charge in [-0.25, -0.2) is 4.79 Å². The summed E-state index contributed by atoms with van der Waals surface area (Å²) in [5, 5.41) is 16.5. The fourth-order valence-corrected chi connectivity index (χ4v) is 2.75. The molecule has 122 valence electrons. The average Bonchev–Trinajstić information content (AvgIpc) is 2.59. The van der Waals surface area contributed by atoms with Crippen LogP contribution in [0.25, 0.3) is 11.1 Å². The minimum Gasteiger partial charge on any atom is -0.465 e. The Kier molecular flexibility index (Phi) is 5.39. The number of nitrogens with zero attached hydrogens (tertiary/aromatic N) is 1. The van der Waals surface area contributed by atoms with Gasteiger partial charge in [-0.1, -0.05) is 42.1 Å². The molecule has 0 radical (unpaired) electrons. The molecule has 2 rings (SSSR count). The summed E-state index contributed by atoms with van der Waals surface area (Å²) < 4.78 is 4.82. The van der Waals surface area contributed by atoms with E-state index in [0.717, 1.165) is 11.8 Å². The summed E-state index contributed by atoms with van der Waals surface area (Å²) in [7, 11) is 1.22. The summed E-state index contributed by atoms with van der Waals surface area (Å²) in [6, 6.07) is 10.5. The number of hydrogen-bond donors (Lipinski definition) is 3. The fourth-order valence-electron chi connectivity index (χ4n) is 2.24. The minimum absolute atomic E-state index is 0.0913. The van der Waals surface area contributed by atoms with Crippen LogP contribution in [0.5, 0.6) is 0 Å². The highest BCUT2D eigenvalue weighted by atomic mass is 32.2. The smallest absolute Gasteiger partial charge is 0.340 e. The van der Waals surface area contributed by atoms with Crippen molar-refractivity contribution in [2.45, 2.75) is 5.75 Å². The van der Waals surface area contributed by atoms with Crippen molar-refractivity contribution in [3.8, 4) is 17.2 Å². The van der Waals surface area contributed by atoms with Crippen LogP contribution >= 0.6 is 11.8 Å². The molecule has 1 heterocycles. The predicted octanol–water partition coefficient (Wildman–Crippen LogP) is 1.83. The van der Waals surface area contributed by atoms with Gasteiger partial charge in [-0.3, -0.25) is 10.2 Å². The summed E-state index contributed by atoms with van der Waals surface area (Å²) in [4.78, 5) is 27.1.